The molecule has 72 valence electrons. The molecule has 4 heteroatoms. The highest BCUT2D eigenvalue weighted by Crippen LogP contribution is 2.09. The maximum atomic E-state index is 11.0. The Balaban J connectivity index is 0.000000671. The molecule has 1 heterocycles. The first kappa shape index (κ1) is 12.0. The van der Waals surface area contributed by atoms with Crippen LogP contribution in [0.1, 0.15) is 13.3 Å². The van der Waals surface area contributed by atoms with Crippen LogP contribution in [0.25, 0.3) is 0 Å². The average Bonchev–Trinajstić information content (AvgIpc) is 2.20. The van der Waals surface area contributed by atoms with Crippen LogP contribution >= 0.6 is 11.8 Å². The van der Waals surface area contributed by atoms with Crippen molar-refractivity contribution in [2.24, 2.45) is 0 Å². The summed E-state index contributed by atoms with van der Waals surface area (Å²) in [7, 11) is 0. The summed E-state index contributed by atoms with van der Waals surface area (Å²) in [6.45, 7) is 8.07. The molecule has 0 atom stereocenters. The molecule has 13 heavy (non-hydrogen) atoms. The summed E-state index contributed by atoms with van der Waals surface area (Å²) in [5.74, 6) is 0.945. The number of rotatable bonds is 3. The zero-order valence-corrected chi connectivity index (χ0v) is 8.56. The Morgan fingerprint density at radius 2 is 2.31 bits per heavy atom. The van der Waals surface area contributed by atoms with Crippen LogP contribution in [0.3, 0.4) is 0 Å². The van der Waals surface area contributed by atoms with Gasteiger partial charge >= 0.3 is 0 Å². The van der Waals surface area contributed by atoms with Crippen LogP contribution in [-0.4, -0.2) is 15.7 Å². The topological polar surface area (TPSA) is 45.8 Å². The third kappa shape index (κ3) is 4.52. The van der Waals surface area contributed by atoms with Gasteiger partial charge in [0.1, 0.15) is 0 Å². The minimum atomic E-state index is -0.0917. The van der Waals surface area contributed by atoms with Gasteiger partial charge in [-0.3, -0.25) is 4.79 Å². The molecule has 1 rings (SSSR count). The molecule has 1 aromatic heterocycles. The number of aromatic nitrogens is 2. The molecule has 0 radical (unpaired) electrons. The maximum absolute atomic E-state index is 11.0. The Kier molecular flexibility index (Phi) is 7.01. The van der Waals surface area contributed by atoms with Crippen molar-refractivity contribution in [2.75, 3.05) is 5.75 Å². The second kappa shape index (κ2) is 7.61. The second-order valence-electron chi connectivity index (χ2n) is 2.07. The molecule has 0 aliphatic heterocycles. The lowest BCUT2D eigenvalue weighted by Gasteiger charge is -1.94. The Morgan fingerprint density at radius 3 is 2.85 bits per heavy atom. The van der Waals surface area contributed by atoms with Crippen LogP contribution in [-0.2, 0) is 0 Å². The fraction of sp³-hybridized carbons (Fsp3) is 0.333. The predicted molar refractivity (Wildman–Crippen MR) is 57.1 cm³/mol. The average molecular weight is 198 g/mol. The van der Waals surface area contributed by atoms with Gasteiger partial charge in [0, 0.05) is 12.4 Å². The van der Waals surface area contributed by atoms with Crippen LogP contribution in [0.5, 0.6) is 0 Å². The lowest BCUT2D eigenvalue weighted by molar-refractivity contribution is 0.991. The molecule has 0 aliphatic carbocycles. The van der Waals surface area contributed by atoms with E-state index in [-0.39, 0.29) is 5.56 Å². The first-order chi connectivity index (χ1) is 6.34. The zero-order chi connectivity index (χ0) is 10.1. The molecule has 0 aromatic carbocycles. The summed E-state index contributed by atoms with van der Waals surface area (Å²) in [5.41, 5.74) is -0.0917. The Morgan fingerprint density at radius 1 is 1.62 bits per heavy atom. The van der Waals surface area contributed by atoms with Gasteiger partial charge in [-0.1, -0.05) is 6.92 Å². The van der Waals surface area contributed by atoms with Gasteiger partial charge < -0.3 is 4.98 Å². The van der Waals surface area contributed by atoms with E-state index in [1.54, 1.807) is 12.4 Å². The number of aromatic amines is 1. The highest BCUT2D eigenvalue weighted by molar-refractivity contribution is 7.99. The number of thioether (sulfide) groups is 1. The smallest absolute Gasteiger partial charge is 0.280 e. The van der Waals surface area contributed by atoms with Crippen molar-refractivity contribution < 1.29 is 0 Å². The van der Waals surface area contributed by atoms with Gasteiger partial charge in [-0.2, -0.15) is 0 Å². The molecule has 0 amide bonds. The first-order valence-corrected chi connectivity index (χ1v) is 4.99. The molecule has 0 fully saturated rings. The van der Waals surface area contributed by atoms with Crippen molar-refractivity contribution >= 4 is 11.8 Å². The second-order valence-corrected chi connectivity index (χ2v) is 3.16. The minimum absolute atomic E-state index is 0.0917. The largest absolute Gasteiger partial charge is 0.325 e. The summed E-state index contributed by atoms with van der Waals surface area (Å²) in [4.78, 5) is 17.5. The lowest BCUT2D eigenvalue weighted by atomic mass is 10.6. The minimum Gasteiger partial charge on any atom is -0.325 e. The van der Waals surface area contributed by atoms with Crippen molar-refractivity contribution in [2.45, 2.75) is 18.4 Å². The molecule has 0 spiro atoms. The highest BCUT2D eigenvalue weighted by atomic mass is 32.2. The van der Waals surface area contributed by atoms with Crippen molar-refractivity contribution in [3.05, 3.63) is 35.9 Å². The van der Waals surface area contributed by atoms with Crippen LogP contribution < -0.4 is 5.56 Å². The first-order valence-electron chi connectivity index (χ1n) is 4.01. The summed E-state index contributed by atoms with van der Waals surface area (Å²) < 4.78 is 0. The van der Waals surface area contributed by atoms with Crippen LogP contribution in [0, 0.1) is 0 Å². The predicted octanol–water partition coefficient (Wildman–Crippen LogP) is 2.07. The molecule has 0 aliphatic rings. The number of nitrogens with zero attached hydrogens (tertiary/aromatic N) is 1. The molecule has 0 saturated heterocycles. The molecule has 1 N–H and O–H groups in total. The van der Waals surface area contributed by atoms with E-state index >= 15 is 0 Å². The van der Waals surface area contributed by atoms with Gasteiger partial charge in [-0.15, -0.1) is 24.9 Å². The third-order valence-corrected chi connectivity index (χ3v) is 2.29. The fourth-order valence-corrected chi connectivity index (χ4v) is 1.36. The van der Waals surface area contributed by atoms with E-state index in [2.05, 4.69) is 30.0 Å². The molecular weight excluding hydrogens is 184 g/mol. The summed E-state index contributed by atoms with van der Waals surface area (Å²) in [5, 5.41) is 0.564. The quantitative estimate of drug-likeness (QED) is 0.597. The van der Waals surface area contributed by atoms with E-state index in [4.69, 9.17) is 0 Å². The van der Waals surface area contributed by atoms with E-state index in [0.29, 0.717) is 5.03 Å². The van der Waals surface area contributed by atoms with Crippen molar-refractivity contribution in [3.63, 3.8) is 0 Å². The van der Waals surface area contributed by atoms with Crippen molar-refractivity contribution in [1.29, 1.82) is 0 Å². The molecule has 1 aromatic rings. The van der Waals surface area contributed by atoms with Crippen LogP contribution in [0.2, 0.25) is 0 Å². The van der Waals surface area contributed by atoms with Gasteiger partial charge in [-0.25, -0.2) is 4.98 Å². The summed E-state index contributed by atoms with van der Waals surface area (Å²) in [6.07, 6.45) is 4.19. The van der Waals surface area contributed by atoms with E-state index < -0.39 is 0 Å². The molecule has 3 nitrogen and oxygen atoms in total. The van der Waals surface area contributed by atoms with E-state index in [1.165, 1.54) is 11.8 Å². The van der Waals surface area contributed by atoms with Gasteiger partial charge in [0.2, 0.25) is 0 Å². The SMILES string of the molecule is C=C.CCCSc1ncc[nH]c1=O. The van der Waals surface area contributed by atoms with Gasteiger partial charge in [0.25, 0.3) is 5.56 Å². The molecule has 0 bridgehead atoms. The van der Waals surface area contributed by atoms with Crippen molar-refractivity contribution in [3.8, 4) is 0 Å². The lowest BCUT2D eigenvalue weighted by Crippen LogP contribution is -2.08. The standard InChI is InChI=1S/C7H10N2OS.C2H4/c1-2-5-11-7-6(10)8-3-4-9-7;1-2/h3-4H,2,5H2,1H3,(H,8,10);1-2H2. The Bertz CT molecular complexity index is 285. The number of hydrogen-bond acceptors (Lipinski definition) is 3. The van der Waals surface area contributed by atoms with Gasteiger partial charge in [0.05, 0.1) is 0 Å². The number of H-pyrrole nitrogens is 1. The molecule has 0 saturated carbocycles. The Hall–Kier alpha value is -1.03. The van der Waals surface area contributed by atoms with E-state index in [0.717, 1.165) is 12.2 Å². The fourth-order valence-electron chi connectivity index (χ4n) is 0.640. The number of nitrogens with one attached hydrogen (secondary N) is 1. The highest BCUT2D eigenvalue weighted by Gasteiger charge is 1.97. The monoisotopic (exact) mass is 198 g/mol. The molecule has 0 unspecified atom stereocenters. The van der Waals surface area contributed by atoms with Gasteiger partial charge in [0.15, 0.2) is 5.03 Å². The maximum Gasteiger partial charge on any atom is 0.280 e. The van der Waals surface area contributed by atoms with Crippen LogP contribution in [0.15, 0.2) is 35.4 Å². The summed E-state index contributed by atoms with van der Waals surface area (Å²) >= 11 is 1.49. The zero-order valence-electron chi connectivity index (χ0n) is 7.75. The Labute approximate surface area is 82.3 Å². The van der Waals surface area contributed by atoms with E-state index in [1.807, 2.05) is 0 Å². The normalized spacial score (nSPS) is 8.69. The molecular formula is C9H14N2OS. The number of hydrogen-bond donors (Lipinski definition) is 1. The summed E-state index contributed by atoms with van der Waals surface area (Å²) in [6, 6.07) is 0. The van der Waals surface area contributed by atoms with E-state index in [9.17, 15) is 4.79 Å². The van der Waals surface area contributed by atoms with Crippen molar-refractivity contribution in [1.82, 2.24) is 9.97 Å². The van der Waals surface area contributed by atoms with Gasteiger partial charge in [-0.05, 0) is 12.2 Å². The van der Waals surface area contributed by atoms with Crippen LogP contribution in [0.4, 0.5) is 0 Å². The third-order valence-electron chi connectivity index (χ3n) is 1.12.